The number of amides is 1. The number of nitrogens with zero attached hydrogens (tertiary/aromatic N) is 3. The van der Waals surface area contributed by atoms with Crippen molar-refractivity contribution in [1.29, 1.82) is 0 Å². The Bertz CT molecular complexity index is 2070. The monoisotopic (exact) mass is 729 g/mol. The van der Waals surface area contributed by atoms with Crippen molar-refractivity contribution in [2.45, 2.75) is 16.3 Å². The number of thioether (sulfide) groups is 1. The smallest absolute Gasteiger partial charge is 0.293 e. The first-order chi connectivity index (χ1) is 24.1. The van der Waals surface area contributed by atoms with Crippen LogP contribution in [-0.4, -0.2) is 67.7 Å². The summed E-state index contributed by atoms with van der Waals surface area (Å²) in [5.74, 6) is 0.0642. The van der Waals surface area contributed by atoms with Crippen LogP contribution < -0.4 is 14.9 Å². The maximum Gasteiger partial charge on any atom is 0.293 e. The minimum atomic E-state index is -4.38. The third-order valence-corrected chi connectivity index (χ3v) is 11.5. The minimum Gasteiger partial charge on any atom is -0.508 e. The van der Waals surface area contributed by atoms with Gasteiger partial charge in [0.25, 0.3) is 21.6 Å². The van der Waals surface area contributed by atoms with E-state index >= 15 is 0 Å². The maximum atomic E-state index is 13.1. The lowest BCUT2D eigenvalue weighted by atomic mass is 10.1. The summed E-state index contributed by atoms with van der Waals surface area (Å²) in [6.45, 7) is 4.55. The normalized spacial score (nSPS) is 13.6. The number of nitro benzene ring substituents is 1. The van der Waals surface area contributed by atoms with Gasteiger partial charge in [0.05, 0.1) is 9.82 Å². The fourth-order valence-electron chi connectivity index (χ4n) is 5.60. The number of thiophene rings is 1. The van der Waals surface area contributed by atoms with E-state index in [2.05, 4.69) is 26.6 Å². The SMILES string of the molecule is O=C(NS(=O)(=O)c1ccc(NCCSc2ccccc2)c([N+](=O)[O-])c1)c1ccc(N2CCN(Cc3cc(-c4cccc(O)c4)cs3)CC2)cc1. The van der Waals surface area contributed by atoms with Crippen molar-refractivity contribution in [1.82, 2.24) is 9.62 Å². The number of hydrogen-bond donors (Lipinski definition) is 3. The molecule has 0 unspecified atom stereocenters. The van der Waals surface area contributed by atoms with Gasteiger partial charge in [0, 0.05) is 72.1 Å². The molecule has 1 fully saturated rings. The van der Waals surface area contributed by atoms with Crippen LogP contribution in [0.15, 0.2) is 118 Å². The molecule has 3 N–H and O–H groups in total. The zero-order valence-electron chi connectivity index (χ0n) is 26.9. The highest BCUT2D eigenvalue weighted by Gasteiger charge is 2.24. The number of hydrogen-bond acceptors (Lipinski definition) is 11. The number of nitro groups is 1. The third kappa shape index (κ3) is 8.82. The van der Waals surface area contributed by atoms with Gasteiger partial charge in [-0.05, 0) is 83.2 Å². The van der Waals surface area contributed by atoms with Crippen molar-refractivity contribution in [3.8, 4) is 16.9 Å². The molecule has 258 valence electrons. The molecular weight excluding hydrogens is 695 g/mol. The second-order valence-corrected chi connectivity index (χ2v) is 15.5. The molecule has 14 heteroatoms. The van der Waals surface area contributed by atoms with Gasteiger partial charge in [-0.3, -0.25) is 19.8 Å². The van der Waals surface area contributed by atoms with Crippen molar-refractivity contribution in [3.05, 3.63) is 129 Å². The summed E-state index contributed by atoms with van der Waals surface area (Å²) < 4.78 is 28.2. The fourth-order valence-corrected chi connectivity index (χ4v) is 8.32. The highest BCUT2D eigenvalue weighted by atomic mass is 32.2. The molecule has 0 radical (unpaired) electrons. The number of phenols is 1. The third-order valence-electron chi connectivity index (χ3n) is 8.21. The summed E-state index contributed by atoms with van der Waals surface area (Å²) >= 11 is 3.29. The number of carbonyl (C=O) groups is 1. The summed E-state index contributed by atoms with van der Waals surface area (Å²) in [4.78, 5) is 30.6. The topological polar surface area (TPSA) is 145 Å². The summed E-state index contributed by atoms with van der Waals surface area (Å²) in [7, 11) is -4.38. The van der Waals surface area contributed by atoms with E-state index < -0.39 is 26.5 Å². The molecule has 11 nitrogen and oxygen atoms in total. The van der Waals surface area contributed by atoms with Crippen LogP contribution in [0.1, 0.15) is 15.2 Å². The van der Waals surface area contributed by atoms with Crippen molar-refractivity contribution in [2.24, 2.45) is 0 Å². The molecule has 1 saturated heterocycles. The maximum absolute atomic E-state index is 13.1. The number of benzene rings is 4. The van der Waals surface area contributed by atoms with Gasteiger partial charge in [-0.25, -0.2) is 13.1 Å². The number of sulfonamides is 1. The van der Waals surface area contributed by atoms with Crippen molar-refractivity contribution in [2.75, 3.05) is 48.7 Å². The summed E-state index contributed by atoms with van der Waals surface area (Å²) in [5.41, 5.74) is 2.95. The molecule has 0 bridgehead atoms. The Morgan fingerprint density at radius 3 is 2.38 bits per heavy atom. The van der Waals surface area contributed by atoms with Gasteiger partial charge in [-0.2, -0.15) is 0 Å². The zero-order chi connectivity index (χ0) is 35.1. The Morgan fingerprint density at radius 2 is 1.66 bits per heavy atom. The first kappa shape index (κ1) is 35.0. The van der Waals surface area contributed by atoms with E-state index in [0.717, 1.165) is 60.5 Å². The number of phenolic OH excluding ortho intramolecular Hbond substituents is 1. The van der Waals surface area contributed by atoms with Gasteiger partial charge >= 0.3 is 0 Å². The molecule has 0 saturated carbocycles. The highest BCUT2D eigenvalue weighted by Crippen LogP contribution is 2.30. The van der Waals surface area contributed by atoms with Gasteiger partial charge in [0.15, 0.2) is 0 Å². The van der Waals surface area contributed by atoms with Crippen LogP contribution in [0.5, 0.6) is 5.75 Å². The van der Waals surface area contributed by atoms with Crippen LogP contribution in [0, 0.1) is 10.1 Å². The van der Waals surface area contributed by atoms with Crippen molar-refractivity contribution < 1.29 is 23.2 Å². The predicted molar refractivity (Wildman–Crippen MR) is 199 cm³/mol. The molecule has 50 heavy (non-hydrogen) atoms. The van der Waals surface area contributed by atoms with E-state index in [0.29, 0.717) is 12.3 Å². The minimum absolute atomic E-state index is 0.153. The average molecular weight is 730 g/mol. The Balaban J connectivity index is 1.01. The largest absolute Gasteiger partial charge is 0.508 e. The van der Waals surface area contributed by atoms with E-state index in [1.54, 1.807) is 59.5 Å². The lowest BCUT2D eigenvalue weighted by Gasteiger charge is -2.36. The van der Waals surface area contributed by atoms with Crippen LogP contribution in [0.2, 0.25) is 0 Å². The number of carbonyl (C=O) groups excluding carboxylic acids is 1. The molecule has 0 spiro atoms. The first-order valence-corrected chi connectivity index (χ1v) is 19.2. The molecule has 2 heterocycles. The van der Waals surface area contributed by atoms with Crippen LogP contribution in [0.3, 0.4) is 0 Å². The van der Waals surface area contributed by atoms with Gasteiger partial charge < -0.3 is 15.3 Å². The molecule has 0 atom stereocenters. The van der Waals surface area contributed by atoms with Crippen LogP contribution in [-0.2, 0) is 16.6 Å². The molecular formula is C36H35N5O6S3. The number of nitrogens with one attached hydrogen (secondary N) is 2. The van der Waals surface area contributed by atoms with Gasteiger partial charge in [0.1, 0.15) is 11.4 Å². The summed E-state index contributed by atoms with van der Waals surface area (Å²) in [5, 5.41) is 26.7. The molecule has 5 aromatic rings. The molecule has 1 aliphatic heterocycles. The molecule has 4 aromatic carbocycles. The van der Waals surface area contributed by atoms with E-state index in [9.17, 15) is 28.4 Å². The van der Waals surface area contributed by atoms with Gasteiger partial charge in [-0.15, -0.1) is 23.1 Å². The Hall–Kier alpha value is -4.89. The van der Waals surface area contributed by atoms with E-state index in [4.69, 9.17) is 0 Å². The zero-order valence-corrected chi connectivity index (χ0v) is 29.3. The van der Waals surface area contributed by atoms with Gasteiger partial charge in [-0.1, -0.05) is 30.3 Å². The van der Waals surface area contributed by atoms with Gasteiger partial charge in [0.2, 0.25) is 0 Å². The number of rotatable bonds is 13. The lowest BCUT2D eigenvalue weighted by molar-refractivity contribution is -0.384. The molecule has 6 rings (SSSR count). The number of aromatic hydroxyl groups is 1. The van der Waals surface area contributed by atoms with Crippen LogP contribution >= 0.6 is 23.1 Å². The number of piperazine rings is 1. The van der Waals surface area contributed by atoms with Crippen molar-refractivity contribution in [3.63, 3.8) is 0 Å². The predicted octanol–water partition coefficient (Wildman–Crippen LogP) is 6.67. The highest BCUT2D eigenvalue weighted by molar-refractivity contribution is 7.99. The van der Waals surface area contributed by atoms with Crippen LogP contribution in [0.25, 0.3) is 11.1 Å². The lowest BCUT2D eigenvalue weighted by Crippen LogP contribution is -2.45. The van der Waals surface area contributed by atoms with Crippen molar-refractivity contribution >= 4 is 56.1 Å². The quantitative estimate of drug-likeness (QED) is 0.0520. The Kier molecular flexibility index (Phi) is 11.0. The van der Waals surface area contributed by atoms with Crippen LogP contribution in [0.4, 0.5) is 17.1 Å². The first-order valence-electron chi connectivity index (χ1n) is 15.9. The summed E-state index contributed by atoms with van der Waals surface area (Å²) in [6.07, 6.45) is 0. The standard InChI is InChI=1S/C36H35N5O6S3/c42-30-6-4-5-27(21-30)28-22-32(49-25-28)24-39-16-18-40(19-17-39)29-11-9-26(10-12-29)36(43)38-50(46,47)33-13-14-34(35(23-33)41(44)45)37-15-20-48-31-7-2-1-3-8-31/h1-14,21-23,25,37,42H,15-20,24H2,(H,38,43). The molecule has 0 aliphatic carbocycles. The Labute approximate surface area is 298 Å². The fraction of sp³-hybridized carbons (Fsp3) is 0.194. The van der Waals surface area contributed by atoms with E-state index in [1.807, 2.05) is 47.2 Å². The second-order valence-electron chi connectivity index (χ2n) is 11.6. The van der Waals surface area contributed by atoms with E-state index in [-0.39, 0.29) is 21.9 Å². The molecule has 1 aliphatic rings. The average Bonchev–Trinajstić information content (AvgIpc) is 3.59. The second kappa shape index (κ2) is 15.8. The van der Waals surface area contributed by atoms with E-state index in [1.165, 1.54) is 17.0 Å². The number of anilines is 2. The summed E-state index contributed by atoms with van der Waals surface area (Å²) in [6, 6.07) is 29.4. The molecule has 1 amide bonds. The Morgan fingerprint density at radius 1 is 0.900 bits per heavy atom. The molecule has 1 aromatic heterocycles.